The summed E-state index contributed by atoms with van der Waals surface area (Å²) in [5, 5.41) is 9.53. The van der Waals surface area contributed by atoms with Gasteiger partial charge in [0.25, 0.3) is 5.91 Å². The summed E-state index contributed by atoms with van der Waals surface area (Å²) in [7, 11) is 1.36. The zero-order valence-electron chi connectivity index (χ0n) is 23.2. The number of pyridine rings is 1. The van der Waals surface area contributed by atoms with E-state index in [2.05, 4.69) is 10.4 Å². The molecule has 12 heteroatoms. The van der Waals surface area contributed by atoms with E-state index in [1.54, 1.807) is 6.07 Å². The highest BCUT2D eigenvalue weighted by atomic mass is 32.1. The van der Waals surface area contributed by atoms with Crippen LogP contribution in [0.5, 0.6) is 11.5 Å². The third-order valence-corrected chi connectivity index (χ3v) is 9.29. The first-order chi connectivity index (χ1) is 20.7. The molecule has 7 nitrogen and oxygen atoms in total. The quantitative estimate of drug-likeness (QED) is 0.186. The summed E-state index contributed by atoms with van der Waals surface area (Å²) in [5.41, 5.74) is 1.42. The molecule has 5 aromatic rings. The van der Waals surface area contributed by atoms with Gasteiger partial charge >= 0.3 is 6.55 Å². The summed E-state index contributed by atoms with van der Waals surface area (Å²) in [6.45, 7) is -0.438. The minimum absolute atomic E-state index is 0.0375. The molecule has 0 radical (unpaired) electrons. The number of rotatable bonds is 8. The number of alkyl halides is 3. The zero-order chi connectivity index (χ0) is 30.0. The van der Waals surface area contributed by atoms with Crippen LogP contribution in [0.4, 0.5) is 17.6 Å². The monoisotopic (exact) mass is 610 g/mol. The molecule has 0 spiro atoms. The minimum Gasteiger partial charge on any atom is -0.494 e. The van der Waals surface area contributed by atoms with Crippen LogP contribution in [0.25, 0.3) is 32.2 Å². The third kappa shape index (κ3) is 4.68. The van der Waals surface area contributed by atoms with E-state index in [0.717, 1.165) is 11.8 Å². The highest BCUT2D eigenvalue weighted by Crippen LogP contribution is 2.52. The number of fused-ring (bicyclic) bond motifs is 3. The molecule has 0 bridgehead atoms. The van der Waals surface area contributed by atoms with E-state index in [9.17, 15) is 18.0 Å². The average molecular weight is 611 g/mol. The lowest BCUT2D eigenvalue weighted by molar-refractivity contribution is 0.0573. The van der Waals surface area contributed by atoms with Crippen molar-refractivity contribution in [3.8, 4) is 22.8 Å². The number of carbonyl (C=O) groups is 1. The number of aromatic nitrogens is 3. The maximum Gasteiger partial charge on any atom is 0.333 e. The second-order valence-electron chi connectivity index (χ2n) is 11.1. The van der Waals surface area contributed by atoms with Crippen LogP contribution in [0, 0.1) is 5.82 Å². The molecule has 2 unspecified atom stereocenters. The first kappa shape index (κ1) is 27.6. The van der Waals surface area contributed by atoms with Gasteiger partial charge in [-0.05, 0) is 37.1 Å². The molecule has 1 aliphatic carbocycles. The zero-order valence-corrected chi connectivity index (χ0v) is 24.0. The van der Waals surface area contributed by atoms with Crippen LogP contribution in [0.15, 0.2) is 48.0 Å². The van der Waals surface area contributed by atoms with Crippen molar-refractivity contribution < 1.29 is 31.8 Å². The molecule has 0 saturated heterocycles. The van der Waals surface area contributed by atoms with E-state index in [1.807, 2.05) is 24.4 Å². The summed E-state index contributed by atoms with van der Waals surface area (Å²) in [6.07, 6.45) is 1.79. The van der Waals surface area contributed by atoms with Gasteiger partial charge in [-0.1, -0.05) is 19.1 Å². The Balaban J connectivity index is 1.24. The van der Waals surface area contributed by atoms with Crippen molar-refractivity contribution in [3.05, 3.63) is 70.6 Å². The van der Waals surface area contributed by atoms with Gasteiger partial charge in [0.15, 0.2) is 0 Å². The Kier molecular flexibility index (Phi) is 6.57. The van der Waals surface area contributed by atoms with Crippen LogP contribution in [-0.2, 0) is 0 Å². The molecule has 43 heavy (non-hydrogen) atoms. The lowest BCUT2D eigenvalue weighted by Gasteiger charge is -2.23. The molecule has 1 aliphatic heterocycles. The molecule has 3 aromatic heterocycles. The highest BCUT2D eigenvalue weighted by molar-refractivity contribution is 7.17. The van der Waals surface area contributed by atoms with E-state index in [-0.39, 0.29) is 35.1 Å². The Labute approximate surface area is 247 Å². The smallest absolute Gasteiger partial charge is 0.333 e. The van der Waals surface area contributed by atoms with E-state index in [4.69, 9.17) is 14.5 Å². The molecule has 1 fully saturated rings. The fourth-order valence-corrected chi connectivity index (χ4v) is 6.74. The highest BCUT2D eigenvalue weighted by Gasteiger charge is 2.52. The lowest BCUT2D eigenvalue weighted by atomic mass is 9.92. The molecule has 1 N–H and O–H groups in total. The SMILES string of the molecule is COc1cc(C(=O)NCC(c2cc3c(c(-c4csc5c(F)cccc45)n2)OCC3C)C2(F)CC2)cc2cn(C(F)F)nc12. The number of methoxy groups -OCH3 is 1. The number of thiophene rings is 1. The maximum atomic E-state index is 16.0. The van der Waals surface area contributed by atoms with Crippen LogP contribution >= 0.6 is 11.3 Å². The molecule has 222 valence electrons. The molecule has 7 rings (SSSR count). The van der Waals surface area contributed by atoms with Gasteiger partial charge < -0.3 is 14.8 Å². The van der Waals surface area contributed by atoms with Gasteiger partial charge in [-0.3, -0.25) is 4.79 Å². The van der Waals surface area contributed by atoms with Crippen LogP contribution in [0.3, 0.4) is 0 Å². The van der Waals surface area contributed by atoms with E-state index in [0.29, 0.717) is 62.3 Å². The summed E-state index contributed by atoms with van der Waals surface area (Å²) in [4.78, 5) is 18.2. The fourth-order valence-electron chi connectivity index (χ4n) is 5.78. The third-order valence-electron chi connectivity index (χ3n) is 8.29. The Morgan fingerprint density at radius 3 is 2.84 bits per heavy atom. The fraction of sp³-hybridized carbons (Fsp3) is 0.323. The second kappa shape index (κ2) is 10.2. The standard InChI is InChI=1S/C31H26F4N4O3S/c1-15-13-42-27-19(15)10-23(37-26(27)20-14-43-28-18(20)4-3-5-22(28)32)21(31(35)6-7-31)11-36-29(40)16-8-17-12-39(30(33)34)38-25(17)24(9-16)41-2/h3-5,8-10,12,14-15,21,30H,6-7,11,13H2,1-2H3,(H,36,40). The van der Waals surface area contributed by atoms with Crippen molar-refractivity contribution in [2.75, 3.05) is 20.3 Å². The van der Waals surface area contributed by atoms with Gasteiger partial charge in [0, 0.05) is 57.2 Å². The Morgan fingerprint density at radius 2 is 2.09 bits per heavy atom. The number of nitrogens with zero attached hydrogens (tertiary/aromatic N) is 3. The van der Waals surface area contributed by atoms with Crippen molar-refractivity contribution in [1.82, 2.24) is 20.1 Å². The van der Waals surface area contributed by atoms with Crippen molar-refractivity contribution in [3.63, 3.8) is 0 Å². The van der Waals surface area contributed by atoms with Crippen molar-refractivity contribution in [2.45, 2.75) is 43.8 Å². The van der Waals surface area contributed by atoms with Gasteiger partial charge in [-0.2, -0.15) is 13.9 Å². The van der Waals surface area contributed by atoms with Gasteiger partial charge in [-0.15, -0.1) is 11.3 Å². The van der Waals surface area contributed by atoms with Crippen molar-refractivity contribution in [1.29, 1.82) is 0 Å². The van der Waals surface area contributed by atoms with Gasteiger partial charge in [0.2, 0.25) is 0 Å². The normalized spacial score (nSPS) is 17.7. The maximum absolute atomic E-state index is 16.0. The van der Waals surface area contributed by atoms with Crippen molar-refractivity contribution in [2.24, 2.45) is 0 Å². The number of hydrogen-bond acceptors (Lipinski definition) is 6. The first-order valence-electron chi connectivity index (χ1n) is 13.8. The van der Waals surface area contributed by atoms with Crippen LogP contribution in [0.2, 0.25) is 0 Å². The molecule has 1 saturated carbocycles. The van der Waals surface area contributed by atoms with Crippen LogP contribution in [-0.4, -0.2) is 46.6 Å². The summed E-state index contributed by atoms with van der Waals surface area (Å²) >= 11 is 1.27. The number of amides is 1. The van der Waals surface area contributed by atoms with Crippen molar-refractivity contribution >= 4 is 38.2 Å². The van der Waals surface area contributed by atoms with E-state index < -0.39 is 24.0 Å². The predicted octanol–water partition coefficient (Wildman–Crippen LogP) is 7.37. The minimum atomic E-state index is -2.85. The number of nitrogens with one attached hydrogen (secondary N) is 1. The molecular formula is C31H26F4N4O3S. The largest absolute Gasteiger partial charge is 0.494 e. The summed E-state index contributed by atoms with van der Waals surface area (Å²) in [6, 6.07) is 9.60. The Morgan fingerprint density at radius 1 is 1.28 bits per heavy atom. The number of benzene rings is 2. The topological polar surface area (TPSA) is 78.3 Å². The number of hydrogen-bond donors (Lipinski definition) is 1. The molecule has 2 atom stereocenters. The first-order valence-corrected chi connectivity index (χ1v) is 14.7. The summed E-state index contributed by atoms with van der Waals surface area (Å²) in [5.74, 6) is -0.791. The molecular weight excluding hydrogens is 584 g/mol. The van der Waals surface area contributed by atoms with Gasteiger partial charge in [-0.25, -0.2) is 18.4 Å². The average Bonchev–Trinajstić information content (AvgIpc) is 3.34. The van der Waals surface area contributed by atoms with Gasteiger partial charge in [0.1, 0.15) is 34.2 Å². The predicted molar refractivity (Wildman–Crippen MR) is 155 cm³/mol. The molecule has 1 amide bonds. The summed E-state index contributed by atoms with van der Waals surface area (Å²) < 4.78 is 69.3. The Hall–Kier alpha value is -4.19. The second-order valence-corrected chi connectivity index (χ2v) is 12.0. The lowest BCUT2D eigenvalue weighted by Crippen LogP contribution is -2.33. The molecule has 4 heterocycles. The number of ether oxygens (including phenoxy) is 2. The van der Waals surface area contributed by atoms with E-state index >= 15 is 4.39 Å². The van der Waals surface area contributed by atoms with Gasteiger partial charge in [0.05, 0.1) is 24.3 Å². The van der Waals surface area contributed by atoms with Crippen LogP contribution < -0.4 is 14.8 Å². The molecule has 2 aliphatic rings. The number of carbonyl (C=O) groups excluding carboxylic acids is 1. The number of halogens is 4. The molecule has 2 aromatic carbocycles. The van der Waals surface area contributed by atoms with Crippen LogP contribution in [0.1, 0.15) is 59.8 Å². The Bertz CT molecular complexity index is 1900. The van der Waals surface area contributed by atoms with E-state index in [1.165, 1.54) is 36.6 Å².